The largest absolute Gasteiger partial charge is 0.352 e. The second-order valence-electron chi connectivity index (χ2n) is 9.41. The molecule has 0 radical (unpaired) electrons. The minimum absolute atomic E-state index is 0.0504. The van der Waals surface area contributed by atoms with E-state index in [9.17, 15) is 9.59 Å². The maximum absolute atomic E-state index is 13.3. The van der Waals surface area contributed by atoms with Crippen LogP contribution in [-0.4, -0.2) is 33.7 Å². The number of hydrogen-bond donors (Lipinski definition) is 2. The number of rotatable bonds is 6. The highest BCUT2D eigenvalue weighted by atomic mass is 35.5. The average molecular weight is 466 g/mol. The molecule has 1 atom stereocenters. The Morgan fingerprint density at radius 3 is 2.36 bits per heavy atom. The molecule has 0 aliphatic rings. The van der Waals surface area contributed by atoms with Crippen molar-refractivity contribution >= 4 is 34.3 Å². The molecule has 0 bridgehead atoms. The number of nitrogens with one attached hydrogen (secondary N) is 2. The van der Waals surface area contributed by atoms with Gasteiger partial charge in [0.15, 0.2) is 5.69 Å². The quantitative estimate of drug-likeness (QED) is 0.567. The smallest absolute Gasteiger partial charge is 0.273 e. The van der Waals surface area contributed by atoms with E-state index in [2.05, 4.69) is 21.8 Å². The topological polar surface area (TPSA) is 99.8 Å². The van der Waals surface area contributed by atoms with Crippen molar-refractivity contribution in [1.82, 2.24) is 20.4 Å². The molecule has 172 valence electrons. The van der Waals surface area contributed by atoms with Gasteiger partial charge in [-0.15, -0.1) is 0 Å². The summed E-state index contributed by atoms with van der Waals surface area (Å²) in [6.07, 6.45) is 0. The molecule has 1 heterocycles. The summed E-state index contributed by atoms with van der Waals surface area (Å²) in [5.74, 6) is -0.690. The van der Waals surface area contributed by atoms with Gasteiger partial charge in [0, 0.05) is 16.5 Å². The van der Waals surface area contributed by atoms with Gasteiger partial charge in [-0.2, -0.15) is 10.4 Å². The Kier molecular flexibility index (Phi) is 7.09. The molecule has 0 saturated carbocycles. The normalized spacial score (nSPS) is 12.4. The molecule has 2 aromatic carbocycles. The predicted molar refractivity (Wildman–Crippen MR) is 129 cm³/mol. The van der Waals surface area contributed by atoms with Crippen molar-refractivity contribution in [2.75, 3.05) is 0 Å². The Balaban J connectivity index is 1.97. The molecule has 3 aromatic rings. The Morgan fingerprint density at radius 2 is 1.79 bits per heavy atom. The first-order valence-electron chi connectivity index (χ1n) is 10.8. The van der Waals surface area contributed by atoms with E-state index in [-0.39, 0.29) is 17.6 Å². The number of nitriles is 1. The van der Waals surface area contributed by atoms with E-state index in [0.29, 0.717) is 22.5 Å². The second kappa shape index (κ2) is 9.63. The van der Waals surface area contributed by atoms with Crippen molar-refractivity contribution in [2.45, 2.75) is 53.2 Å². The number of fused-ring (bicyclic) bond motifs is 1. The molecule has 0 fully saturated rings. The van der Waals surface area contributed by atoms with E-state index in [0.717, 1.165) is 11.1 Å². The molecule has 1 aromatic heterocycles. The van der Waals surface area contributed by atoms with Gasteiger partial charge in [0.2, 0.25) is 5.91 Å². The summed E-state index contributed by atoms with van der Waals surface area (Å²) in [5, 5.41) is 20.4. The monoisotopic (exact) mass is 465 g/mol. The highest BCUT2D eigenvalue weighted by Gasteiger charge is 2.34. The highest BCUT2D eigenvalue weighted by molar-refractivity contribution is 6.31. The zero-order valence-electron chi connectivity index (χ0n) is 19.4. The van der Waals surface area contributed by atoms with Crippen LogP contribution in [-0.2, 0) is 11.3 Å². The van der Waals surface area contributed by atoms with Crippen molar-refractivity contribution in [3.8, 4) is 6.07 Å². The van der Waals surface area contributed by atoms with Crippen LogP contribution in [0, 0.1) is 16.7 Å². The summed E-state index contributed by atoms with van der Waals surface area (Å²) < 4.78 is 1.72. The summed E-state index contributed by atoms with van der Waals surface area (Å²) in [6.45, 7) is 9.86. The molecule has 33 heavy (non-hydrogen) atoms. The summed E-state index contributed by atoms with van der Waals surface area (Å²) >= 11 is 6.22. The molecule has 0 unspecified atom stereocenters. The standard InChI is InChI=1S/C25H28ClN5O2/c1-15(2)28-24(33)22(25(3,4)5)29-23(32)21-19-12-18(26)10-11-20(19)31(30-21)14-17-8-6-16(13-27)7-9-17/h6-12,15,22H,14H2,1-5H3,(H,28,33)(H,29,32)/t22-/m1/s1. The fourth-order valence-corrected chi connectivity index (χ4v) is 3.71. The summed E-state index contributed by atoms with van der Waals surface area (Å²) in [5.41, 5.74) is 1.95. The lowest BCUT2D eigenvalue weighted by Crippen LogP contribution is -2.54. The van der Waals surface area contributed by atoms with E-state index >= 15 is 0 Å². The van der Waals surface area contributed by atoms with E-state index in [1.54, 1.807) is 28.9 Å². The Hall–Kier alpha value is -3.37. The molecular formula is C25H28ClN5O2. The first-order chi connectivity index (χ1) is 15.5. The third-order valence-electron chi connectivity index (χ3n) is 5.18. The number of hydrogen-bond acceptors (Lipinski definition) is 4. The number of nitrogens with zero attached hydrogens (tertiary/aromatic N) is 3. The van der Waals surface area contributed by atoms with Crippen LogP contribution in [0.4, 0.5) is 0 Å². The Morgan fingerprint density at radius 1 is 1.12 bits per heavy atom. The summed E-state index contributed by atoms with van der Waals surface area (Å²) in [4.78, 5) is 26.1. The maximum Gasteiger partial charge on any atom is 0.273 e. The molecule has 0 saturated heterocycles. The van der Waals surface area contributed by atoms with Crippen molar-refractivity contribution in [3.63, 3.8) is 0 Å². The summed E-state index contributed by atoms with van der Waals surface area (Å²) in [7, 11) is 0. The molecule has 2 N–H and O–H groups in total. The van der Waals surface area contributed by atoms with Gasteiger partial charge in [0.05, 0.1) is 23.7 Å². The van der Waals surface area contributed by atoms with Crippen LogP contribution in [0.5, 0.6) is 0 Å². The predicted octanol–water partition coefficient (Wildman–Crippen LogP) is 4.28. The Bertz CT molecular complexity index is 1220. The van der Waals surface area contributed by atoms with Gasteiger partial charge in [0.1, 0.15) is 6.04 Å². The number of amides is 2. The number of carbonyl (C=O) groups is 2. The lowest BCUT2D eigenvalue weighted by Gasteiger charge is -2.30. The third kappa shape index (κ3) is 5.71. The first kappa shape index (κ1) is 24.3. The number of aromatic nitrogens is 2. The third-order valence-corrected chi connectivity index (χ3v) is 5.41. The summed E-state index contributed by atoms with van der Waals surface area (Å²) in [6, 6.07) is 13.8. The van der Waals surface area contributed by atoms with Crippen LogP contribution < -0.4 is 10.6 Å². The van der Waals surface area contributed by atoms with E-state index in [4.69, 9.17) is 16.9 Å². The van der Waals surface area contributed by atoms with Gasteiger partial charge >= 0.3 is 0 Å². The molecule has 8 heteroatoms. The van der Waals surface area contributed by atoms with Crippen LogP contribution in [0.2, 0.25) is 5.02 Å². The molecule has 0 aliphatic carbocycles. The molecular weight excluding hydrogens is 438 g/mol. The molecule has 3 rings (SSSR count). The van der Waals surface area contributed by atoms with Gasteiger partial charge in [-0.1, -0.05) is 44.5 Å². The minimum atomic E-state index is -0.745. The van der Waals surface area contributed by atoms with Crippen molar-refractivity contribution in [2.24, 2.45) is 5.41 Å². The lowest BCUT2D eigenvalue weighted by atomic mass is 9.86. The number of benzene rings is 2. The molecule has 0 aliphatic heterocycles. The van der Waals surface area contributed by atoms with Gasteiger partial charge in [-0.3, -0.25) is 14.3 Å². The maximum atomic E-state index is 13.3. The fourth-order valence-electron chi connectivity index (χ4n) is 3.54. The first-order valence-corrected chi connectivity index (χ1v) is 11.1. The lowest BCUT2D eigenvalue weighted by molar-refractivity contribution is -0.125. The van der Waals surface area contributed by atoms with Crippen molar-refractivity contribution in [3.05, 3.63) is 64.3 Å². The fraction of sp³-hybridized carbons (Fsp3) is 0.360. The Labute approximate surface area is 198 Å². The van der Waals surface area contributed by atoms with Crippen LogP contribution >= 0.6 is 11.6 Å². The van der Waals surface area contributed by atoms with Crippen LogP contribution in [0.25, 0.3) is 10.9 Å². The van der Waals surface area contributed by atoms with Crippen molar-refractivity contribution < 1.29 is 9.59 Å². The van der Waals surface area contributed by atoms with Crippen LogP contribution in [0.15, 0.2) is 42.5 Å². The van der Waals surface area contributed by atoms with Crippen LogP contribution in [0.3, 0.4) is 0 Å². The van der Waals surface area contributed by atoms with Gasteiger partial charge in [-0.05, 0) is 55.2 Å². The van der Waals surface area contributed by atoms with E-state index < -0.39 is 17.4 Å². The van der Waals surface area contributed by atoms with Gasteiger partial charge < -0.3 is 10.6 Å². The van der Waals surface area contributed by atoms with E-state index in [1.165, 1.54) is 0 Å². The SMILES string of the molecule is CC(C)NC(=O)[C@@H](NC(=O)c1nn(Cc2ccc(C#N)cc2)c2ccc(Cl)cc12)C(C)(C)C. The molecule has 0 spiro atoms. The van der Waals surface area contributed by atoms with Crippen molar-refractivity contribution in [1.29, 1.82) is 5.26 Å². The highest BCUT2D eigenvalue weighted by Crippen LogP contribution is 2.25. The zero-order chi connectivity index (χ0) is 24.3. The second-order valence-corrected chi connectivity index (χ2v) is 9.85. The minimum Gasteiger partial charge on any atom is -0.352 e. The number of carbonyl (C=O) groups excluding carboxylic acids is 2. The van der Waals surface area contributed by atoms with E-state index in [1.807, 2.05) is 52.8 Å². The van der Waals surface area contributed by atoms with Crippen LogP contribution in [0.1, 0.15) is 56.2 Å². The zero-order valence-corrected chi connectivity index (χ0v) is 20.2. The molecule has 7 nitrogen and oxygen atoms in total. The average Bonchev–Trinajstić information content (AvgIpc) is 3.08. The van der Waals surface area contributed by atoms with Gasteiger partial charge in [0.25, 0.3) is 5.91 Å². The molecule has 2 amide bonds. The number of halogens is 1. The van der Waals surface area contributed by atoms with Gasteiger partial charge in [-0.25, -0.2) is 0 Å².